The van der Waals surface area contributed by atoms with Crippen LogP contribution in [0.5, 0.6) is 5.75 Å². The van der Waals surface area contributed by atoms with E-state index < -0.39 is 0 Å². The standard InChI is InChI=1S/C14H22FNO2/c1-4-14(5-2,10-17)16-9-11-6-7-12(18-3)8-13(11)15/h6-8,16-17H,4-5,9-10H2,1-3H3. The van der Waals surface area contributed by atoms with E-state index in [-0.39, 0.29) is 18.0 Å². The van der Waals surface area contributed by atoms with E-state index >= 15 is 0 Å². The summed E-state index contributed by atoms with van der Waals surface area (Å²) in [6.45, 7) is 4.48. The minimum atomic E-state index is -0.327. The number of methoxy groups -OCH3 is 1. The maximum atomic E-state index is 13.7. The van der Waals surface area contributed by atoms with Crippen LogP contribution in [0.4, 0.5) is 4.39 Å². The lowest BCUT2D eigenvalue weighted by Crippen LogP contribution is -2.47. The largest absolute Gasteiger partial charge is 0.497 e. The molecule has 0 fully saturated rings. The van der Waals surface area contributed by atoms with Crippen LogP contribution in [-0.4, -0.2) is 24.4 Å². The van der Waals surface area contributed by atoms with Gasteiger partial charge in [0.15, 0.2) is 0 Å². The van der Waals surface area contributed by atoms with Crippen LogP contribution < -0.4 is 10.1 Å². The molecule has 0 bridgehead atoms. The summed E-state index contributed by atoms with van der Waals surface area (Å²) in [6.07, 6.45) is 1.61. The third-order valence-electron chi connectivity index (χ3n) is 3.57. The number of ether oxygens (including phenoxy) is 1. The molecule has 4 heteroatoms. The summed E-state index contributed by atoms with van der Waals surface area (Å²) in [7, 11) is 1.51. The Balaban J connectivity index is 2.73. The topological polar surface area (TPSA) is 41.5 Å². The number of hydrogen-bond donors (Lipinski definition) is 2. The van der Waals surface area contributed by atoms with E-state index in [2.05, 4.69) is 5.32 Å². The van der Waals surface area contributed by atoms with Gasteiger partial charge in [0.2, 0.25) is 0 Å². The highest BCUT2D eigenvalue weighted by Crippen LogP contribution is 2.19. The number of rotatable bonds is 7. The predicted octanol–water partition coefficient (Wildman–Crippen LogP) is 2.48. The Morgan fingerprint density at radius 1 is 1.33 bits per heavy atom. The average molecular weight is 255 g/mol. The molecule has 1 aromatic rings. The normalized spacial score (nSPS) is 11.6. The third kappa shape index (κ3) is 3.43. The number of aliphatic hydroxyl groups is 1. The molecule has 0 aliphatic carbocycles. The van der Waals surface area contributed by atoms with Crippen LogP contribution in [0.15, 0.2) is 18.2 Å². The lowest BCUT2D eigenvalue weighted by molar-refractivity contribution is 0.149. The highest BCUT2D eigenvalue weighted by atomic mass is 19.1. The van der Waals surface area contributed by atoms with Crippen molar-refractivity contribution >= 4 is 0 Å². The SMILES string of the molecule is CCC(CC)(CO)NCc1ccc(OC)cc1F. The second-order valence-electron chi connectivity index (χ2n) is 4.46. The molecule has 0 aromatic heterocycles. The van der Waals surface area contributed by atoms with Crippen molar-refractivity contribution in [1.29, 1.82) is 0 Å². The molecule has 0 spiro atoms. The van der Waals surface area contributed by atoms with Gasteiger partial charge in [0.1, 0.15) is 11.6 Å². The van der Waals surface area contributed by atoms with Crippen LogP contribution in [0.2, 0.25) is 0 Å². The Morgan fingerprint density at radius 3 is 2.44 bits per heavy atom. The van der Waals surface area contributed by atoms with Gasteiger partial charge in [-0.2, -0.15) is 0 Å². The van der Waals surface area contributed by atoms with Gasteiger partial charge in [-0.05, 0) is 18.9 Å². The summed E-state index contributed by atoms with van der Waals surface area (Å²) in [5.74, 6) is 0.219. The minimum absolute atomic E-state index is 0.0533. The minimum Gasteiger partial charge on any atom is -0.497 e. The molecule has 0 unspecified atom stereocenters. The molecule has 0 amide bonds. The Hall–Kier alpha value is -1.13. The maximum Gasteiger partial charge on any atom is 0.131 e. The van der Waals surface area contributed by atoms with Crippen molar-refractivity contribution in [2.45, 2.75) is 38.8 Å². The van der Waals surface area contributed by atoms with E-state index in [9.17, 15) is 9.50 Å². The monoisotopic (exact) mass is 255 g/mol. The van der Waals surface area contributed by atoms with E-state index in [4.69, 9.17) is 4.74 Å². The van der Waals surface area contributed by atoms with Gasteiger partial charge in [0.25, 0.3) is 0 Å². The number of aliphatic hydroxyl groups excluding tert-OH is 1. The van der Waals surface area contributed by atoms with Gasteiger partial charge in [0, 0.05) is 23.7 Å². The molecule has 0 aliphatic rings. The van der Waals surface area contributed by atoms with Crippen molar-refractivity contribution in [2.24, 2.45) is 0 Å². The zero-order chi connectivity index (χ0) is 13.6. The first kappa shape index (κ1) is 14.9. The maximum absolute atomic E-state index is 13.7. The highest BCUT2D eigenvalue weighted by Gasteiger charge is 2.24. The van der Waals surface area contributed by atoms with E-state index in [1.807, 2.05) is 13.8 Å². The molecule has 0 heterocycles. The van der Waals surface area contributed by atoms with Gasteiger partial charge in [-0.1, -0.05) is 19.9 Å². The quantitative estimate of drug-likeness (QED) is 0.786. The van der Waals surface area contributed by atoms with Gasteiger partial charge in [-0.3, -0.25) is 0 Å². The van der Waals surface area contributed by atoms with Gasteiger partial charge >= 0.3 is 0 Å². The fourth-order valence-electron chi connectivity index (χ4n) is 1.86. The smallest absolute Gasteiger partial charge is 0.131 e. The fraction of sp³-hybridized carbons (Fsp3) is 0.571. The van der Waals surface area contributed by atoms with Crippen molar-refractivity contribution in [1.82, 2.24) is 5.32 Å². The van der Waals surface area contributed by atoms with Crippen molar-refractivity contribution < 1.29 is 14.2 Å². The van der Waals surface area contributed by atoms with Crippen molar-refractivity contribution in [3.63, 3.8) is 0 Å². The first-order valence-corrected chi connectivity index (χ1v) is 6.29. The number of nitrogens with one attached hydrogen (secondary N) is 1. The van der Waals surface area contributed by atoms with Gasteiger partial charge in [0.05, 0.1) is 13.7 Å². The zero-order valence-corrected chi connectivity index (χ0v) is 11.3. The predicted molar refractivity (Wildman–Crippen MR) is 70.2 cm³/mol. The second kappa shape index (κ2) is 6.71. The number of halogens is 1. The molecule has 0 aliphatic heterocycles. The van der Waals surface area contributed by atoms with Crippen molar-refractivity contribution in [2.75, 3.05) is 13.7 Å². The van der Waals surface area contributed by atoms with Gasteiger partial charge in [-0.15, -0.1) is 0 Å². The van der Waals surface area contributed by atoms with Crippen LogP contribution in [0.3, 0.4) is 0 Å². The van der Waals surface area contributed by atoms with Crippen LogP contribution in [-0.2, 0) is 6.54 Å². The third-order valence-corrected chi connectivity index (χ3v) is 3.57. The molecule has 0 atom stereocenters. The van der Waals surface area contributed by atoms with Crippen molar-refractivity contribution in [3.8, 4) is 5.75 Å². The van der Waals surface area contributed by atoms with Gasteiger partial charge < -0.3 is 15.2 Å². The van der Waals surface area contributed by atoms with Crippen molar-refractivity contribution in [3.05, 3.63) is 29.6 Å². The summed E-state index contributed by atoms with van der Waals surface area (Å²) >= 11 is 0. The van der Waals surface area contributed by atoms with E-state index in [1.54, 1.807) is 12.1 Å². The molecule has 1 rings (SSSR count). The van der Waals surface area contributed by atoms with E-state index in [0.29, 0.717) is 17.9 Å². The first-order chi connectivity index (χ1) is 8.60. The number of benzene rings is 1. The second-order valence-corrected chi connectivity index (χ2v) is 4.46. The summed E-state index contributed by atoms with van der Waals surface area (Å²) in [6, 6.07) is 4.81. The van der Waals surface area contributed by atoms with E-state index in [0.717, 1.165) is 12.8 Å². The average Bonchev–Trinajstić information content (AvgIpc) is 2.42. The molecule has 2 N–H and O–H groups in total. The molecule has 0 saturated carbocycles. The Bertz CT molecular complexity index is 370. The molecular weight excluding hydrogens is 233 g/mol. The van der Waals surface area contributed by atoms with Gasteiger partial charge in [-0.25, -0.2) is 4.39 Å². The first-order valence-electron chi connectivity index (χ1n) is 6.29. The molecule has 18 heavy (non-hydrogen) atoms. The van der Waals surface area contributed by atoms with Crippen LogP contribution >= 0.6 is 0 Å². The van der Waals surface area contributed by atoms with Crippen LogP contribution in [0, 0.1) is 5.82 Å². The number of hydrogen-bond acceptors (Lipinski definition) is 3. The summed E-state index contributed by atoms with van der Waals surface area (Å²) in [5, 5.41) is 12.7. The van der Waals surface area contributed by atoms with Crippen LogP contribution in [0.1, 0.15) is 32.3 Å². The fourth-order valence-corrected chi connectivity index (χ4v) is 1.86. The molecule has 1 aromatic carbocycles. The molecule has 102 valence electrons. The molecule has 0 radical (unpaired) electrons. The summed E-state index contributed by atoms with van der Waals surface area (Å²) in [4.78, 5) is 0. The molecule has 0 saturated heterocycles. The highest BCUT2D eigenvalue weighted by molar-refractivity contribution is 5.28. The Labute approximate surface area is 108 Å². The summed E-state index contributed by atoms with van der Waals surface area (Å²) < 4.78 is 18.7. The lowest BCUT2D eigenvalue weighted by Gasteiger charge is -2.31. The Morgan fingerprint density at radius 2 is 2.00 bits per heavy atom. The van der Waals surface area contributed by atoms with E-state index in [1.165, 1.54) is 13.2 Å². The molecule has 3 nitrogen and oxygen atoms in total. The molecular formula is C14H22FNO2. The van der Waals surface area contributed by atoms with Crippen LogP contribution in [0.25, 0.3) is 0 Å². The summed E-state index contributed by atoms with van der Waals surface area (Å²) in [5.41, 5.74) is 0.252. The zero-order valence-electron chi connectivity index (χ0n) is 11.3. The Kier molecular flexibility index (Phi) is 5.56. The lowest BCUT2D eigenvalue weighted by atomic mass is 9.93.